The Hall–Kier alpha value is 0.520. The highest BCUT2D eigenvalue weighted by atomic mass is 32.2. The predicted octanol–water partition coefficient (Wildman–Crippen LogP) is 5.82. The molecule has 2 aliphatic rings. The molecule has 2 rings (SSSR count). The van der Waals surface area contributed by atoms with Gasteiger partial charge in [-0.1, -0.05) is 27.0 Å². The Kier molecular flexibility index (Phi) is 14.6. The van der Waals surface area contributed by atoms with Crippen molar-refractivity contribution in [3.05, 3.63) is 25.3 Å². The fraction of sp³-hybridized carbons (Fsp3) is 0.727. The molecule has 0 aromatic rings. The van der Waals surface area contributed by atoms with Crippen molar-refractivity contribution in [3.8, 4) is 0 Å². The van der Waals surface area contributed by atoms with Crippen LogP contribution < -0.4 is 0 Å². The van der Waals surface area contributed by atoms with Gasteiger partial charge < -0.3 is 9.47 Å². The maximum absolute atomic E-state index is 11.3. The smallest absolute Gasteiger partial charge is 0.330 e. The van der Waals surface area contributed by atoms with E-state index in [1.807, 2.05) is 47.0 Å². The van der Waals surface area contributed by atoms with Crippen molar-refractivity contribution in [2.45, 2.75) is 56.9 Å². The Morgan fingerprint density at radius 3 is 1.62 bits per heavy atom. The number of esters is 2. The van der Waals surface area contributed by atoms with Crippen LogP contribution in [-0.4, -0.2) is 78.3 Å². The van der Waals surface area contributed by atoms with E-state index in [0.717, 1.165) is 35.9 Å². The fourth-order valence-corrected chi connectivity index (χ4v) is 13.9. The molecule has 0 aromatic carbocycles. The molecule has 0 saturated carbocycles. The normalized spacial score (nSPS) is 26.9. The van der Waals surface area contributed by atoms with Crippen molar-refractivity contribution in [2.24, 2.45) is 0 Å². The summed E-state index contributed by atoms with van der Waals surface area (Å²) in [6.45, 7) is 12.4. The summed E-state index contributed by atoms with van der Waals surface area (Å²) in [7, 11) is 0. The molecule has 6 atom stereocenters. The van der Waals surface area contributed by atoms with Gasteiger partial charge in [0.2, 0.25) is 0 Å². The SMILES string of the molecule is C=CC(=O)OCC1CSC(C(CC)SCCSC(CC)C2SCC(COC(=O)C=C)S2)S1. The lowest BCUT2D eigenvalue weighted by molar-refractivity contribution is -0.138. The second kappa shape index (κ2) is 16.2. The van der Waals surface area contributed by atoms with Gasteiger partial charge in [0.15, 0.2) is 0 Å². The Balaban J connectivity index is 1.65. The summed E-state index contributed by atoms with van der Waals surface area (Å²) >= 11 is 12.1. The van der Waals surface area contributed by atoms with E-state index in [-0.39, 0.29) is 11.9 Å². The number of rotatable bonds is 15. The molecule has 0 aliphatic carbocycles. The molecule has 0 N–H and O–H groups in total. The highest BCUT2D eigenvalue weighted by Crippen LogP contribution is 2.46. The Bertz CT molecular complexity index is 567. The molecule has 0 bridgehead atoms. The summed E-state index contributed by atoms with van der Waals surface area (Å²) in [5.41, 5.74) is 0. The summed E-state index contributed by atoms with van der Waals surface area (Å²) in [4.78, 5) is 22.6. The zero-order chi connectivity index (χ0) is 23.3. The molecule has 6 unspecified atom stereocenters. The molecule has 2 aliphatic heterocycles. The van der Waals surface area contributed by atoms with Crippen molar-refractivity contribution in [1.82, 2.24) is 0 Å². The third-order valence-electron chi connectivity index (χ3n) is 4.86. The molecule has 0 radical (unpaired) electrons. The monoisotopic (exact) mass is 554 g/mol. The summed E-state index contributed by atoms with van der Waals surface area (Å²) < 4.78 is 11.6. The minimum atomic E-state index is -0.328. The first-order valence-corrected chi connectivity index (χ1v) is 16.9. The van der Waals surface area contributed by atoms with E-state index in [4.69, 9.17) is 9.47 Å². The number of carbonyl (C=O) groups excluding carboxylic acids is 2. The van der Waals surface area contributed by atoms with Gasteiger partial charge in [-0.2, -0.15) is 23.5 Å². The van der Waals surface area contributed by atoms with Gasteiger partial charge in [0, 0.05) is 56.2 Å². The second-order valence-corrected chi connectivity index (χ2v) is 15.8. The summed E-state index contributed by atoms with van der Waals surface area (Å²) in [6, 6.07) is 0. The number of hydrogen-bond donors (Lipinski definition) is 0. The second-order valence-electron chi connectivity index (χ2n) is 7.22. The van der Waals surface area contributed by atoms with Crippen molar-refractivity contribution >= 4 is 82.5 Å². The van der Waals surface area contributed by atoms with E-state index in [1.54, 1.807) is 0 Å². The van der Waals surface area contributed by atoms with Crippen molar-refractivity contribution in [3.63, 3.8) is 0 Å². The number of carbonyl (C=O) groups is 2. The zero-order valence-corrected chi connectivity index (χ0v) is 23.7. The van der Waals surface area contributed by atoms with Crippen LogP contribution in [0.2, 0.25) is 0 Å². The molecular weight excluding hydrogens is 521 g/mol. The molecule has 0 spiro atoms. The molecular formula is C22H34O4S6. The lowest BCUT2D eigenvalue weighted by Crippen LogP contribution is -2.19. The van der Waals surface area contributed by atoms with Crippen LogP contribution in [0.1, 0.15) is 26.7 Å². The van der Waals surface area contributed by atoms with Crippen LogP contribution in [-0.2, 0) is 19.1 Å². The third kappa shape index (κ3) is 10.0. The van der Waals surface area contributed by atoms with E-state index in [0.29, 0.717) is 43.4 Å². The average molecular weight is 555 g/mol. The van der Waals surface area contributed by atoms with Gasteiger partial charge in [0.1, 0.15) is 13.2 Å². The first-order valence-electron chi connectivity index (χ1n) is 10.9. The molecule has 0 aromatic heterocycles. The van der Waals surface area contributed by atoms with Crippen LogP contribution in [0.25, 0.3) is 0 Å². The molecule has 10 heteroatoms. The fourth-order valence-electron chi connectivity index (χ4n) is 3.15. The van der Waals surface area contributed by atoms with Crippen LogP contribution in [0.3, 0.4) is 0 Å². The van der Waals surface area contributed by atoms with Crippen LogP contribution in [0.5, 0.6) is 0 Å². The van der Waals surface area contributed by atoms with Crippen LogP contribution in [0, 0.1) is 0 Å². The lowest BCUT2D eigenvalue weighted by atomic mass is 10.4. The first-order chi connectivity index (χ1) is 15.5. The van der Waals surface area contributed by atoms with Crippen molar-refractivity contribution in [1.29, 1.82) is 0 Å². The maximum atomic E-state index is 11.3. The van der Waals surface area contributed by atoms with Crippen LogP contribution in [0.15, 0.2) is 25.3 Å². The number of thioether (sulfide) groups is 6. The molecule has 2 fully saturated rings. The standard InChI is InChI=1S/C22H34O4S6/c1-5-17(21-29-13-15(31-21)11-25-19(23)7-3)27-9-10-28-18(6-2)22-30-14-16(32-22)12-26-20(24)8-4/h7-8,15-18,21-22H,3-6,9-14H2,1-2H3. The van der Waals surface area contributed by atoms with Gasteiger partial charge in [-0.25, -0.2) is 9.59 Å². The van der Waals surface area contributed by atoms with Crippen LogP contribution >= 0.6 is 70.6 Å². The summed E-state index contributed by atoms with van der Waals surface area (Å²) in [6.07, 6.45) is 4.79. The molecule has 182 valence electrons. The molecule has 2 saturated heterocycles. The van der Waals surface area contributed by atoms with Gasteiger partial charge in [-0.15, -0.1) is 47.0 Å². The molecule has 4 nitrogen and oxygen atoms in total. The Morgan fingerprint density at radius 1 is 0.875 bits per heavy atom. The average Bonchev–Trinajstić information content (AvgIpc) is 3.48. The summed E-state index contributed by atoms with van der Waals surface area (Å²) in [5.74, 6) is 3.76. The minimum absolute atomic E-state index is 0.328. The molecule has 0 amide bonds. The van der Waals surface area contributed by atoms with Gasteiger partial charge in [-0.05, 0) is 12.8 Å². The van der Waals surface area contributed by atoms with Crippen molar-refractivity contribution in [2.75, 3.05) is 36.2 Å². The summed E-state index contributed by atoms with van der Waals surface area (Å²) in [5, 5.41) is 2.03. The first kappa shape index (κ1) is 28.8. The predicted molar refractivity (Wildman–Crippen MR) is 151 cm³/mol. The highest BCUT2D eigenvalue weighted by Gasteiger charge is 2.34. The van der Waals surface area contributed by atoms with E-state index in [2.05, 4.69) is 50.5 Å². The van der Waals surface area contributed by atoms with Gasteiger partial charge in [0.25, 0.3) is 0 Å². The van der Waals surface area contributed by atoms with E-state index in [9.17, 15) is 9.59 Å². The number of hydrogen-bond acceptors (Lipinski definition) is 10. The van der Waals surface area contributed by atoms with E-state index in [1.165, 1.54) is 12.2 Å². The zero-order valence-electron chi connectivity index (χ0n) is 18.8. The molecule has 32 heavy (non-hydrogen) atoms. The van der Waals surface area contributed by atoms with Gasteiger partial charge in [0.05, 0.1) is 9.16 Å². The van der Waals surface area contributed by atoms with E-state index >= 15 is 0 Å². The van der Waals surface area contributed by atoms with Gasteiger partial charge >= 0.3 is 11.9 Å². The van der Waals surface area contributed by atoms with E-state index < -0.39 is 0 Å². The van der Waals surface area contributed by atoms with Crippen LogP contribution in [0.4, 0.5) is 0 Å². The maximum Gasteiger partial charge on any atom is 0.330 e. The number of ether oxygens (including phenoxy) is 2. The Labute approximate surface area is 218 Å². The molecule has 2 heterocycles. The minimum Gasteiger partial charge on any atom is -0.461 e. The Morgan fingerprint density at radius 2 is 1.28 bits per heavy atom. The third-order valence-corrected chi connectivity index (χ3v) is 15.7. The highest BCUT2D eigenvalue weighted by molar-refractivity contribution is 8.22. The topological polar surface area (TPSA) is 52.6 Å². The quantitative estimate of drug-likeness (QED) is 0.141. The van der Waals surface area contributed by atoms with Gasteiger partial charge in [-0.3, -0.25) is 0 Å². The lowest BCUT2D eigenvalue weighted by Gasteiger charge is -2.23. The van der Waals surface area contributed by atoms with Crippen molar-refractivity contribution < 1.29 is 19.1 Å². The largest absolute Gasteiger partial charge is 0.461 e.